The normalized spacial score (nSPS) is 9.18. The van der Waals surface area contributed by atoms with Crippen LogP contribution in [0.15, 0.2) is 24.3 Å². The number of hydrogen-bond donors (Lipinski definition) is 1. The number of methoxy groups -OCH3 is 1. The predicted molar refractivity (Wildman–Crippen MR) is 63.6 cm³/mol. The molecule has 0 fully saturated rings. The van der Waals surface area contributed by atoms with Crippen LogP contribution in [-0.2, 0) is 4.74 Å². The molecule has 1 amide bonds. The summed E-state index contributed by atoms with van der Waals surface area (Å²) in [4.78, 5) is 22.7. The molecule has 17 heavy (non-hydrogen) atoms. The van der Waals surface area contributed by atoms with Gasteiger partial charge in [-0.3, -0.25) is 4.79 Å². The highest BCUT2D eigenvalue weighted by molar-refractivity contribution is 5.96. The second-order valence-corrected chi connectivity index (χ2v) is 3.28. The first-order valence-electron chi connectivity index (χ1n) is 5.09. The number of amides is 1. The second-order valence-electron chi connectivity index (χ2n) is 3.28. The van der Waals surface area contributed by atoms with Gasteiger partial charge in [0, 0.05) is 18.5 Å². The molecule has 4 nitrogen and oxygen atoms in total. The number of nitrogens with one attached hydrogen (secondary N) is 1. The Morgan fingerprint density at radius 2 is 1.88 bits per heavy atom. The molecule has 0 saturated heterocycles. The van der Waals surface area contributed by atoms with Crippen LogP contribution in [0.2, 0.25) is 0 Å². The maximum absolute atomic E-state index is 11.6. The van der Waals surface area contributed by atoms with Gasteiger partial charge in [-0.25, -0.2) is 4.79 Å². The summed E-state index contributed by atoms with van der Waals surface area (Å²) in [5.74, 6) is 1.79. The van der Waals surface area contributed by atoms with Crippen LogP contribution in [-0.4, -0.2) is 25.5 Å². The van der Waals surface area contributed by atoms with E-state index in [1.54, 1.807) is 24.3 Å². The molecule has 0 spiro atoms. The van der Waals surface area contributed by atoms with Gasteiger partial charge in [-0.05, 0) is 24.3 Å². The molecular weight excluding hydrogens is 218 g/mol. The first kappa shape index (κ1) is 12.8. The molecule has 0 aliphatic heterocycles. The molecule has 0 radical (unpaired) electrons. The van der Waals surface area contributed by atoms with Crippen LogP contribution in [0.3, 0.4) is 0 Å². The van der Waals surface area contributed by atoms with Crippen molar-refractivity contribution < 1.29 is 14.3 Å². The van der Waals surface area contributed by atoms with Crippen molar-refractivity contribution in [1.29, 1.82) is 0 Å². The number of rotatable bonds is 4. The summed E-state index contributed by atoms with van der Waals surface area (Å²) in [5, 5.41) is 2.66. The van der Waals surface area contributed by atoms with Gasteiger partial charge in [0.1, 0.15) is 0 Å². The molecule has 0 saturated carbocycles. The molecule has 0 aliphatic carbocycles. The maximum Gasteiger partial charge on any atom is 0.337 e. The monoisotopic (exact) mass is 231 g/mol. The molecular formula is C13H13NO3. The fraction of sp³-hybridized carbons (Fsp3) is 0.231. The average molecular weight is 231 g/mol. The number of esters is 1. The van der Waals surface area contributed by atoms with Gasteiger partial charge in [0.2, 0.25) is 0 Å². The number of ether oxygens (including phenoxy) is 1. The van der Waals surface area contributed by atoms with Crippen molar-refractivity contribution in [2.24, 2.45) is 0 Å². The minimum atomic E-state index is -0.427. The standard InChI is InChI=1S/C13H13NO3/c1-3-4-9-14-12(15)10-5-7-11(8-6-10)13(16)17-2/h1,5-8H,4,9H2,2H3,(H,14,15). The Balaban J connectivity index is 2.64. The Morgan fingerprint density at radius 1 is 1.29 bits per heavy atom. The predicted octanol–water partition coefficient (Wildman–Crippen LogP) is 1.23. The van der Waals surface area contributed by atoms with Crippen LogP contribution in [0.1, 0.15) is 27.1 Å². The third-order valence-corrected chi connectivity index (χ3v) is 2.12. The lowest BCUT2D eigenvalue weighted by Gasteiger charge is -2.04. The van der Waals surface area contributed by atoms with Crippen molar-refractivity contribution in [1.82, 2.24) is 5.32 Å². The van der Waals surface area contributed by atoms with E-state index in [0.717, 1.165) is 0 Å². The minimum absolute atomic E-state index is 0.211. The topological polar surface area (TPSA) is 55.4 Å². The Bertz CT molecular complexity index is 443. The number of carbonyl (C=O) groups is 2. The zero-order valence-electron chi connectivity index (χ0n) is 9.53. The lowest BCUT2D eigenvalue weighted by atomic mass is 10.1. The van der Waals surface area contributed by atoms with E-state index in [1.165, 1.54) is 7.11 Å². The van der Waals surface area contributed by atoms with E-state index < -0.39 is 5.97 Å². The molecule has 0 bridgehead atoms. The molecule has 0 unspecified atom stereocenters. The van der Waals surface area contributed by atoms with E-state index in [2.05, 4.69) is 16.0 Å². The summed E-state index contributed by atoms with van der Waals surface area (Å²) in [7, 11) is 1.31. The van der Waals surface area contributed by atoms with E-state index >= 15 is 0 Å². The lowest BCUT2D eigenvalue weighted by Crippen LogP contribution is -2.24. The average Bonchev–Trinajstić information content (AvgIpc) is 2.38. The third-order valence-electron chi connectivity index (χ3n) is 2.12. The molecule has 0 atom stereocenters. The highest BCUT2D eigenvalue weighted by atomic mass is 16.5. The molecule has 1 aromatic rings. The van der Waals surface area contributed by atoms with Crippen LogP contribution >= 0.6 is 0 Å². The van der Waals surface area contributed by atoms with Crippen molar-refractivity contribution in [2.75, 3.05) is 13.7 Å². The smallest absolute Gasteiger partial charge is 0.337 e. The summed E-state index contributed by atoms with van der Waals surface area (Å²) < 4.78 is 4.55. The van der Waals surface area contributed by atoms with Crippen molar-refractivity contribution in [2.45, 2.75) is 6.42 Å². The Hall–Kier alpha value is -2.28. The number of terminal acetylenes is 1. The van der Waals surface area contributed by atoms with Gasteiger partial charge in [0.05, 0.1) is 12.7 Å². The molecule has 0 aromatic heterocycles. The second kappa shape index (κ2) is 6.33. The SMILES string of the molecule is C#CCCNC(=O)c1ccc(C(=O)OC)cc1. The summed E-state index contributed by atoms with van der Waals surface area (Å²) in [6.07, 6.45) is 5.56. The van der Waals surface area contributed by atoms with E-state index in [-0.39, 0.29) is 5.91 Å². The van der Waals surface area contributed by atoms with Crippen LogP contribution in [0, 0.1) is 12.3 Å². The molecule has 4 heteroatoms. The Morgan fingerprint density at radius 3 is 2.41 bits per heavy atom. The molecule has 0 heterocycles. The fourth-order valence-corrected chi connectivity index (χ4v) is 1.23. The lowest BCUT2D eigenvalue weighted by molar-refractivity contribution is 0.0600. The zero-order chi connectivity index (χ0) is 12.7. The maximum atomic E-state index is 11.6. The summed E-state index contributed by atoms with van der Waals surface area (Å²) in [6, 6.07) is 6.22. The quantitative estimate of drug-likeness (QED) is 0.481. The van der Waals surface area contributed by atoms with Crippen molar-refractivity contribution in [3.63, 3.8) is 0 Å². The first-order chi connectivity index (χ1) is 8.19. The van der Waals surface area contributed by atoms with E-state index in [4.69, 9.17) is 6.42 Å². The largest absolute Gasteiger partial charge is 0.465 e. The number of carbonyl (C=O) groups excluding carboxylic acids is 2. The fourth-order valence-electron chi connectivity index (χ4n) is 1.23. The molecule has 1 aromatic carbocycles. The molecule has 1 N–H and O–H groups in total. The van der Waals surface area contributed by atoms with Gasteiger partial charge >= 0.3 is 5.97 Å². The molecule has 1 rings (SSSR count). The molecule has 0 aliphatic rings. The van der Waals surface area contributed by atoms with Crippen LogP contribution < -0.4 is 5.32 Å². The van der Waals surface area contributed by atoms with E-state index in [0.29, 0.717) is 24.1 Å². The number of hydrogen-bond acceptors (Lipinski definition) is 3. The summed E-state index contributed by atoms with van der Waals surface area (Å²) >= 11 is 0. The molecule has 88 valence electrons. The van der Waals surface area contributed by atoms with Gasteiger partial charge < -0.3 is 10.1 Å². The zero-order valence-corrected chi connectivity index (χ0v) is 9.53. The summed E-state index contributed by atoms with van der Waals surface area (Å²) in [5.41, 5.74) is 0.891. The van der Waals surface area contributed by atoms with Gasteiger partial charge in [-0.15, -0.1) is 12.3 Å². The van der Waals surface area contributed by atoms with Crippen LogP contribution in [0.25, 0.3) is 0 Å². The van der Waals surface area contributed by atoms with Gasteiger partial charge in [-0.2, -0.15) is 0 Å². The first-order valence-corrected chi connectivity index (χ1v) is 5.09. The van der Waals surface area contributed by atoms with E-state index in [9.17, 15) is 9.59 Å². The van der Waals surface area contributed by atoms with Gasteiger partial charge in [0.15, 0.2) is 0 Å². The number of benzene rings is 1. The van der Waals surface area contributed by atoms with Crippen LogP contribution in [0.4, 0.5) is 0 Å². The van der Waals surface area contributed by atoms with E-state index in [1.807, 2.05) is 0 Å². The summed E-state index contributed by atoms with van der Waals surface area (Å²) in [6.45, 7) is 0.439. The van der Waals surface area contributed by atoms with Crippen LogP contribution in [0.5, 0.6) is 0 Å². The highest BCUT2D eigenvalue weighted by Gasteiger charge is 2.07. The third kappa shape index (κ3) is 3.65. The van der Waals surface area contributed by atoms with Crippen molar-refractivity contribution >= 4 is 11.9 Å². The van der Waals surface area contributed by atoms with Crippen molar-refractivity contribution in [3.8, 4) is 12.3 Å². The highest BCUT2D eigenvalue weighted by Crippen LogP contribution is 2.05. The van der Waals surface area contributed by atoms with Crippen molar-refractivity contribution in [3.05, 3.63) is 35.4 Å². The van der Waals surface area contributed by atoms with Gasteiger partial charge in [0.25, 0.3) is 5.91 Å². The Kier molecular flexibility index (Phi) is 4.77. The minimum Gasteiger partial charge on any atom is -0.465 e. The Labute approximate surface area is 100.0 Å². The van der Waals surface area contributed by atoms with Gasteiger partial charge in [-0.1, -0.05) is 0 Å².